The van der Waals surface area contributed by atoms with Gasteiger partial charge in [-0.1, -0.05) is 0 Å². The third-order valence-corrected chi connectivity index (χ3v) is 1.99. The zero-order valence-corrected chi connectivity index (χ0v) is 9.55. The van der Waals surface area contributed by atoms with Crippen molar-refractivity contribution in [3.8, 4) is 0 Å². The van der Waals surface area contributed by atoms with Gasteiger partial charge in [-0.15, -0.1) is 0 Å². The lowest BCUT2D eigenvalue weighted by molar-refractivity contribution is -0.131. The van der Waals surface area contributed by atoms with Gasteiger partial charge < -0.3 is 19.9 Å². The van der Waals surface area contributed by atoms with Crippen molar-refractivity contribution in [1.29, 1.82) is 0 Å². The van der Waals surface area contributed by atoms with Crippen molar-refractivity contribution in [3.63, 3.8) is 0 Å². The average molecular weight is 258 g/mol. The molecule has 3 amide bonds. The number of imide groups is 1. The van der Waals surface area contributed by atoms with Gasteiger partial charge in [0.05, 0.1) is 25.9 Å². The monoisotopic (exact) mass is 258 g/mol. The number of carbonyl (C=O) groups is 3. The number of rotatable bonds is 4. The second kappa shape index (κ2) is 7.41. The second-order valence-electron chi connectivity index (χ2n) is 3.44. The molecule has 0 saturated carbocycles. The Balaban J connectivity index is 2.20. The number of carbonyl (C=O) groups excluding carboxylic acids is 2. The Bertz CT molecular complexity index is 348. The standard InChI is InChI=1S/C10H14N2O6/c13-8(1-2-9(14)15)12-10(16)11-5-7-6-17-3-4-18-7/h1-2,7H,3-6H2,(H,14,15)(H2,11,12,13,16)/b2-1+. The maximum atomic E-state index is 11.2. The quantitative estimate of drug-likeness (QED) is 0.550. The van der Waals surface area contributed by atoms with Crippen LogP contribution in [0.5, 0.6) is 0 Å². The summed E-state index contributed by atoms with van der Waals surface area (Å²) in [5.74, 6) is -2.07. The smallest absolute Gasteiger partial charge is 0.328 e. The zero-order chi connectivity index (χ0) is 13.4. The molecule has 8 heteroatoms. The van der Waals surface area contributed by atoms with Gasteiger partial charge in [0.2, 0.25) is 0 Å². The molecule has 0 bridgehead atoms. The highest BCUT2D eigenvalue weighted by atomic mass is 16.6. The minimum atomic E-state index is -1.27. The van der Waals surface area contributed by atoms with Gasteiger partial charge in [0.15, 0.2) is 0 Å². The summed E-state index contributed by atoms with van der Waals surface area (Å²) in [5.41, 5.74) is 0. The lowest BCUT2D eigenvalue weighted by atomic mass is 10.3. The van der Waals surface area contributed by atoms with Crippen LogP contribution in [-0.2, 0) is 19.1 Å². The highest BCUT2D eigenvalue weighted by molar-refractivity contribution is 6.02. The van der Waals surface area contributed by atoms with Crippen molar-refractivity contribution in [2.75, 3.05) is 26.4 Å². The van der Waals surface area contributed by atoms with Gasteiger partial charge in [-0.25, -0.2) is 9.59 Å². The normalized spacial score (nSPS) is 19.4. The first-order chi connectivity index (χ1) is 8.58. The Morgan fingerprint density at radius 3 is 2.67 bits per heavy atom. The molecule has 1 aliphatic rings. The van der Waals surface area contributed by atoms with Crippen LogP contribution in [0.25, 0.3) is 0 Å². The van der Waals surface area contributed by atoms with Crippen molar-refractivity contribution in [3.05, 3.63) is 12.2 Å². The third kappa shape index (κ3) is 5.97. The lowest BCUT2D eigenvalue weighted by Crippen LogP contribution is -2.45. The molecule has 100 valence electrons. The fourth-order valence-electron chi connectivity index (χ4n) is 1.21. The molecule has 0 aromatic rings. The first-order valence-corrected chi connectivity index (χ1v) is 5.27. The summed E-state index contributed by atoms with van der Waals surface area (Å²) in [6, 6.07) is -0.718. The van der Waals surface area contributed by atoms with Crippen LogP contribution in [0.1, 0.15) is 0 Å². The highest BCUT2D eigenvalue weighted by Gasteiger charge is 2.15. The molecule has 1 unspecified atom stereocenters. The second-order valence-corrected chi connectivity index (χ2v) is 3.44. The number of urea groups is 1. The number of aliphatic carboxylic acids is 1. The summed E-state index contributed by atoms with van der Waals surface area (Å²) in [4.78, 5) is 32.4. The van der Waals surface area contributed by atoms with Gasteiger partial charge in [-0.05, 0) is 0 Å². The summed E-state index contributed by atoms with van der Waals surface area (Å²) in [5, 5.41) is 12.6. The summed E-state index contributed by atoms with van der Waals surface area (Å²) in [6.07, 6.45) is 1.15. The van der Waals surface area contributed by atoms with Crippen molar-refractivity contribution in [2.24, 2.45) is 0 Å². The van der Waals surface area contributed by atoms with E-state index >= 15 is 0 Å². The fourth-order valence-corrected chi connectivity index (χ4v) is 1.21. The van der Waals surface area contributed by atoms with Crippen molar-refractivity contribution >= 4 is 17.9 Å². The number of ether oxygens (including phenoxy) is 2. The summed E-state index contributed by atoms with van der Waals surface area (Å²) in [7, 11) is 0. The third-order valence-electron chi connectivity index (χ3n) is 1.99. The predicted octanol–water partition coefficient (Wildman–Crippen LogP) is -1.13. The Kier molecular flexibility index (Phi) is 5.81. The van der Waals surface area contributed by atoms with E-state index in [2.05, 4.69) is 5.32 Å². The maximum absolute atomic E-state index is 11.2. The van der Waals surface area contributed by atoms with Gasteiger partial charge in [-0.3, -0.25) is 10.1 Å². The molecule has 0 aromatic carbocycles. The van der Waals surface area contributed by atoms with Crippen LogP contribution in [0.2, 0.25) is 0 Å². The predicted molar refractivity (Wildman–Crippen MR) is 58.9 cm³/mol. The van der Waals surface area contributed by atoms with E-state index in [1.54, 1.807) is 0 Å². The molecule has 1 aliphatic heterocycles. The zero-order valence-electron chi connectivity index (χ0n) is 9.55. The highest BCUT2D eigenvalue weighted by Crippen LogP contribution is 1.98. The van der Waals surface area contributed by atoms with Crippen LogP contribution < -0.4 is 10.6 Å². The van der Waals surface area contributed by atoms with E-state index in [0.29, 0.717) is 25.9 Å². The number of hydrogen-bond acceptors (Lipinski definition) is 5. The van der Waals surface area contributed by atoms with E-state index in [1.807, 2.05) is 5.32 Å². The molecule has 1 atom stereocenters. The molecule has 0 aromatic heterocycles. The maximum Gasteiger partial charge on any atom is 0.328 e. The van der Waals surface area contributed by atoms with Crippen molar-refractivity contribution < 1.29 is 29.0 Å². The van der Waals surface area contributed by atoms with E-state index in [0.717, 1.165) is 6.08 Å². The Labute approximate surface area is 103 Å². The molecule has 8 nitrogen and oxygen atoms in total. The van der Waals surface area contributed by atoms with E-state index in [9.17, 15) is 14.4 Å². The van der Waals surface area contributed by atoms with Crippen LogP contribution in [0, 0.1) is 0 Å². The topological polar surface area (TPSA) is 114 Å². The van der Waals surface area contributed by atoms with Crippen LogP contribution in [0.15, 0.2) is 12.2 Å². The molecule has 0 radical (unpaired) electrons. The first-order valence-electron chi connectivity index (χ1n) is 5.27. The molecular formula is C10H14N2O6. The van der Waals surface area contributed by atoms with Gasteiger partial charge in [-0.2, -0.15) is 0 Å². The van der Waals surface area contributed by atoms with Gasteiger partial charge >= 0.3 is 12.0 Å². The summed E-state index contributed by atoms with van der Waals surface area (Å²) < 4.78 is 10.4. The molecule has 18 heavy (non-hydrogen) atoms. The molecular weight excluding hydrogens is 244 g/mol. The van der Waals surface area contributed by atoms with Crippen molar-refractivity contribution in [2.45, 2.75) is 6.10 Å². The van der Waals surface area contributed by atoms with Gasteiger partial charge in [0.1, 0.15) is 0 Å². The van der Waals surface area contributed by atoms with Gasteiger partial charge in [0, 0.05) is 18.7 Å². The van der Waals surface area contributed by atoms with E-state index < -0.39 is 17.9 Å². The van der Waals surface area contributed by atoms with Crippen LogP contribution in [0.4, 0.5) is 4.79 Å². The largest absolute Gasteiger partial charge is 0.478 e. The number of carboxylic acid groups (broad SMARTS) is 1. The Morgan fingerprint density at radius 2 is 2.06 bits per heavy atom. The van der Waals surface area contributed by atoms with E-state index in [1.165, 1.54) is 0 Å². The summed E-state index contributed by atoms with van der Waals surface area (Å²) in [6.45, 7) is 1.59. The molecule has 0 spiro atoms. The van der Waals surface area contributed by atoms with Gasteiger partial charge in [0.25, 0.3) is 5.91 Å². The number of carboxylic acids is 1. The van der Waals surface area contributed by atoms with Crippen molar-refractivity contribution in [1.82, 2.24) is 10.6 Å². The molecule has 0 aliphatic carbocycles. The molecule has 1 saturated heterocycles. The van der Waals surface area contributed by atoms with E-state index in [-0.39, 0.29) is 12.6 Å². The molecule has 1 heterocycles. The lowest BCUT2D eigenvalue weighted by Gasteiger charge is -2.22. The van der Waals surface area contributed by atoms with Crippen LogP contribution >= 0.6 is 0 Å². The fraction of sp³-hybridized carbons (Fsp3) is 0.500. The first kappa shape index (κ1) is 14.1. The van der Waals surface area contributed by atoms with Crippen LogP contribution in [-0.4, -0.2) is 55.5 Å². The minimum Gasteiger partial charge on any atom is -0.478 e. The van der Waals surface area contributed by atoms with Crippen LogP contribution in [0.3, 0.4) is 0 Å². The number of amides is 3. The number of nitrogens with one attached hydrogen (secondary N) is 2. The SMILES string of the molecule is O=C(O)/C=C/C(=O)NC(=O)NCC1COCCO1. The molecule has 1 fully saturated rings. The molecule has 3 N–H and O–H groups in total. The average Bonchev–Trinajstić information content (AvgIpc) is 2.35. The number of hydrogen-bond donors (Lipinski definition) is 3. The molecule has 1 rings (SSSR count). The Hall–Kier alpha value is -1.93. The Morgan fingerprint density at radius 1 is 1.28 bits per heavy atom. The summed E-state index contributed by atoms with van der Waals surface area (Å²) >= 11 is 0. The minimum absolute atomic E-state index is 0.210. The van der Waals surface area contributed by atoms with E-state index in [4.69, 9.17) is 14.6 Å².